The van der Waals surface area contributed by atoms with Crippen LogP contribution in [0.2, 0.25) is 0 Å². The highest BCUT2D eigenvalue weighted by molar-refractivity contribution is 14.0. The lowest BCUT2D eigenvalue weighted by Crippen LogP contribution is -2.38. The Morgan fingerprint density at radius 1 is 1.20 bits per heavy atom. The Morgan fingerprint density at radius 3 is 2.64 bits per heavy atom. The van der Waals surface area contributed by atoms with Crippen LogP contribution in [0.25, 0.3) is 0 Å². The van der Waals surface area contributed by atoms with Crippen LogP contribution in [0.1, 0.15) is 38.2 Å². The number of carbonyl (C=O) groups is 1. The molecule has 2 N–H and O–H groups in total. The summed E-state index contributed by atoms with van der Waals surface area (Å²) in [5.41, 5.74) is 0.698. The van der Waals surface area contributed by atoms with Crippen LogP contribution >= 0.6 is 24.0 Å². The molecule has 0 amide bonds. The SMILES string of the molecule is CCNC(=NCCCCCC(=O)OC)NCCc1ccccc1F.I. The summed E-state index contributed by atoms with van der Waals surface area (Å²) < 4.78 is 18.2. The van der Waals surface area contributed by atoms with Crippen molar-refractivity contribution in [2.24, 2.45) is 4.99 Å². The molecule has 0 bridgehead atoms. The molecule has 0 heterocycles. The highest BCUT2D eigenvalue weighted by Crippen LogP contribution is 2.06. The predicted molar refractivity (Wildman–Crippen MR) is 110 cm³/mol. The topological polar surface area (TPSA) is 62.7 Å². The van der Waals surface area contributed by atoms with Crippen molar-refractivity contribution < 1.29 is 13.9 Å². The number of nitrogens with one attached hydrogen (secondary N) is 2. The Hall–Kier alpha value is -1.38. The molecule has 0 aliphatic heterocycles. The average Bonchev–Trinajstić information content (AvgIpc) is 2.59. The molecule has 0 atom stereocenters. The number of benzene rings is 1. The van der Waals surface area contributed by atoms with Crippen LogP contribution in [0.15, 0.2) is 29.3 Å². The zero-order valence-electron chi connectivity index (χ0n) is 15.0. The lowest BCUT2D eigenvalue weighted by molar-refractivity contribution is -0.140. The summed E-state index contributed by atoms with van der Waals surface area (Å²) in [6, 6.07) is 6.80. The van der Waals surface area contributed by atoms with Crippen molar-refractivity contribution in [1.29, 1.82) is 0 Å². The maximum Gasteiger partial charge on any atom is 0.305 e. The molecule has 1 aromatic rings. The quantitative estimate of drug-likeness (QED) is 0.183. The monoisotopic (exact) mass is 465 g/mol. The van der Waals surface area contributed by atoms with Gasteiger partial charge in [0.1, 0.15) is 5.82 Å². The van der Waals surface area contributed by atoms with Gasteiger partial charge in [-0.3, -0.25) is 9.79 Å². The van der Waals surface area contributed by atoms with E-state index in [4.69, 9.17) is 0 Å². The first-order valence-electron chi connectivity index (χ1n) is 8.49. The molecule has 0 saturated heterocycles. The molecule has 0 aliphatic rings. The summed E-state index contributed by atoms with van der Waals surface area (Å²) in [5.74, 6) is 0.398. The zero-order valence-corrected chi connectivity index (χ0v) is 17.3. The van der Waals surface area contributed by atoms with Crippen molar-refractivity contribution in [1.82, 2.24) is 10.6 Å². The number of halogens is 2. The van der Waals surface area contributed by atoms with Crippen LogP contribution in [-0.4, -0.2) is 38.7 Å². The summed E-state index contributed by atoms with van der Waals surface area (Å²) >= 11 is 0. The molecule has 0 spiro atoms. The van der Waals surface area contributed by atoms with Crippen molar-refractivity contribution in [3.05, 3.63) is 35.6 Å². The normalized spacial score (nSPS) is 10.8. The van der Waals surface area contributed by atoms with E-state index in [1.54, 1.807) is 12.1 Å². The fourth-order valence-electron chi connectivity index (χ4n) is 2.21. The Labute approximate surface area is 166 Å². The Bertz CT molecular complexity index is 527. The van der Waals surface area contributed by atoms with E-state index in [-0.39, 0.29) is 35.8 Å². The van der Waals surface area contributed by atoms with Gasteiger partial charge in [0, 0.05) is 26.1 Å². The number of esters is 1. The minimum atomic E-state index is -0.174. The third-order valence-corrected chi connectivity index (χ3v) is 3.53. The molecule has 1 rings (SSSR count). The van der Waals surface area contributed by atoms with E-state index in [9.17, 15) is 9.18 Å². The minimum Gasteiger partial charge on any atom is -0.469 e. The number of methoxy groups -OCH3 is 1. The molecule has 0 aliphatic carbocycles. The highest BCUT2D eigenvalue weighted by atomic mass is 127. The first-order chi connectivity index (χ1) is 11.7. The van der Waals surface area contributed by atoms with Crippen molar-refractivity contribution in [3.8, 4) is 0 Å². The lowest BCUT2D eigenvalue weighted by atomic mass is 10.1. The van der Waals surface area contributed by atoms with Crippen LogP contribution in [0.3, 0.4) is 0 Å². The number of ether oxygens (including phenoxy) is 1. The number of hydrogen-bond donors (Lipinski definition) is 2. The van der Waals surface area contributed by atoms with E-state index in [1.807, 2.05) is 13.0 Å². The van der Waals surface area contributed by atoms with Gasteiger partial charge in [0.2, 0.25) is 0 Å². The molecule has 0 saturated carbocycles. The van der Waals surface area contributed by atoms with E-state index in [2.05, 4.69) is 20.4 Å². The fourth-order valence-corrected chi connectivity index (χ4v) is 2.21. The van der Waals surface area contributed by atoms with Crippen LogP contribution in [0.5, 0.6) is 0 Å². The predicted octanol–water partition coefficient (Wildman–Crippen LogP) is 3.27. The summed E-state index contributed by atoms with van der Waals surface area (Å²) in [7, 11) is 1.41. The van der Waals surface area contributed by atoms with Gasteiger partial charge in [0.05, 0.1) is 7.11 Å². The second-order valence-corrected chi connectivity index (χ2v) is 5.42. The molecule has 0 unspecified atom stereocenters. The van der Waals surface area contributed by atoms with Crippen LogP contribution in [0, 0.1) is 5.82 Å². The number of unbranched alkanes of at least 4 members (excludes halogenated alkanes) is 2. The number of guanidine groups is 1. The number of hydrogen-bond acceptors (Lipinski definition) is 3. The summed E-state index contributed by atoms with van der Waals surface area (Å²) in [6.45, 7) is 4.09. The molecule has 25 heavy (non-hydrogen) atoms. The third-order valence-electron chi connectivity index (χ3n) is 3.53. The van der Waals surface area contributed by atoms with Crippen molar-refractivity contribution in [2.45, 2.75) is 39.0 Å². The van der Waals surface area contributed by atoms with E-state index in [0.717, 1.165) is 31.8 Å². The number of rotatable bonds is 10. The number of carbonyl (C=O) groups excluding carboxylic acids is 1. The summed E-state index contributed by atoms with van der Waals surface area (Å²) in [6.07, 6.45) is 3.74. The van der Waals surface area contributed by atoms with E-state index in [0.29, 0.717) is 31.5 Å². The summed E-state index contributed by atoms with van der Waals surface area (Å²) in [5, 5.41) is 6.39. The summed E-state index contributed by atoms with van der Waals surface area (Å²) in [4.78, 5) is 15.5. The average molecular weight is 465 g/mol. The zero-order chi connectivity index (χ0) is 17.6. The molecule has 0 aromatic heterocycles. The molecule has 0 radical (unpaired) electrons. The van der Waals surface area contributed by atoms with Crippen molar-refractivity contribution >= 4 is 35.9 Å². The van der Waals surface area contributed by atoms with Crippen LogP contribution in [0.4, 0.5) is 4.39 Å². The smallest absolute Gasteiger partial charge is 0.305 e. The van der Waals surface area contributed by atoms with Crippen molar-refractivity contribution in [3.63, 3.8) is 0 Å². The van der Waals surface area contributed by atoms with Gasteiger partial charge >= 0.3 is 5.97 Å². The second kappa shape index (κ2) is 14.9. The largest absolute Gasteiger partial charge is 0.469 e. The molecule has 5 nitrogen and oxygen atoms in total. The van der Waals surface area contributed by atoms with Gasteiger partial charge in [-0.2, -0.15) is 0 Å². The molecule has 1 aromatic carbocycles. The molecule has 0 fully saturated rings. The van der Waals surface area contributed by atoms with E-state index in [1.165, 1.54) is 13.2 Å². The van der Waals surface area contributed by atoms with E-state index < -0.39 is 0 Å². The third kappa shape index (κ3) is 11.0. The Morgan fingerprint density at radius 2 is 1.96 bits per heavy atom. The standard InChI is InChI=1S/C18H28FN3O2.HI/c1-3-20-18(21-13-8-4-5-11-17(23)24-2)22-14-12-15-9-6-7-10-16(15)19;/h6-7,9-10H,3-5,8,11-14H2,1-2H3,(H2,20,21,22);1H. The lowest BCUT2D eigenvalue weighted by Gasteiger charge is -2.11. The first-order valence-corrected chi connectivity index (χ1v) is 8.49. The molecular weight excluding hydrogens is 436 g/mol. The van der Waals surface area contributed by atoms with Gasteiger partial charge in [-0.05, 0) is 37.8 Å². The maximum absolute atomic E-state index is 13.6. The molecular formula is C18H29FIN3O2. The van der Waals surface area contributed by atoms with Gasteiger partial charge in [0.15, 0.2) is 5.96 Å². The van der Waals surface area contributed by atoms with Gasteiger partial charge in [-0.15, -0.1) is 24.0 Å². The Kier molecular flexibility index (Phi) is 14.1. The highest BCUT2D eigenvalue weighted by Gasteiger charge is 2.02. The number of nitrogens with zero attached hydrogens (tertiary/aromatic N) is 1. The van der Waals surface area contributed by atoms with Crippen LogP contribution < -0.4 is 10.6 Å². The molecule has 7 heteroatoms. The number of aliphatic imine (C=N–C) groups is 1. The van der Waals surface area contributed by atoms with Crippen LogP contribution in [-0.2, 0) is 16.0 Å². The van der Waals surface area contributed by atoms with Gasteiger partial charge in [-0.25, -0.2) is 4.39 Å². The van der Waals surface area contributed by atoms with E-state index >= 15 is 0 Å². The maximum atomic E-state index is 13.6. The fraction of sp³-hybridized carbons (Fsp3) is 0.556. The van der Waals surface area contributed by atoms with Crippen molar-refractivity contribution in [2.75, 3.05) is 26.7 Å². The second-order valence-electron chi connectivity index (χ2n) is 5.42. The van der Waals surface area contributed by atoms with Gasteiger partial charge in [0.25, 0.3) is 0 Å². The van der Waals surface area contributed by atoms with Gasteiger partial charge in [-0.1, -0.05) is 24.6 Å². The van der Waals surface area contributed by atoms with Gasteiger partial charge < -0.3 is 15.4 Å². The molecule has 142 valence electrons. The Balaban J connectivity index is 0.00000576. The first kappa shape index (κ1) is 23.6. The minimum absolute atomic E-state index is 0.